The summed E-state index contributed by atoms with van der Waals surface area (Å²) in [5.74, 6) is -0.864. The lowest BCUT2D eigenvalue weighted by molar-refractivity contribution is -0.142. The minimum absolute atomic E-state index is 0.146. The van der Waals surface area contributed by atoms with E-state index in [4.69, 9.17) is 4.52 Å². The molecule has 4 atom stereocenters. The normalized spacial score (nSPS) is 30.5. The third kappa shape index (κ3) is 3.21. The van der Waals surface area contributed by atoms with Crippen molar-refractivity contribution >= 4 is 55.4 Å². The Balaban J connectivity index is 1.67. The molecule has 1 aromatic heterocycles. The third-order valence-electron chi connectivity index (χ3n) is 4.20. The summed E-state index contributed by atoms with van der Waals surface area (Å²) in [4.78, 5) is 38.3. The average Bonchev–Trinajstić information content (AvgIpc) is 2.98. The lowest BCUT2D eigenvalue weighted by atomic mass is 9.81. The summed E-state index contributed by atoms with van der Waals surface area (Å²) in [5.41, 5.74) is 0. The fraction of sp³-hybridized carbons (Fsp3) is 0.571. The molecule has 1 aliphatic carbocycles. The highest BCUT2D eigenvalue weighted by Gasteiger charge is 2.52. The van der Waals surface area contributed by atoms with Crippen LogP contribution in [0, 0.1) is 18.8 Å². The van der Waals surface area contributed by atoms with Gasteiger partial charge in [-0.3, -0.25) is 19.3 Å². The maximum absolute atomic E-state index is 12.4. The molecule has 3 amide bonds. The molecule has 7 nitrogen and oxygen atoms in total. The van der Waals surface area contributed by atoms with Crippen molar-refractivity contribution in [1.29, 1.82) is 0 Å². The molecule has 0 aromatic carbocycles. The first kappa shape index (κ1) is 16.6. The number of hydrogen-bond acceptors (Lipinski definition) is 5. The van der Waals surface area contributed by atoms with Gasteiger partial charge in [0.05, 0.1) is 11.8 Å². The van der Waals surface area contributed by atoms with Gasteiger partial charge in [-0.15, -0.1) is 0 Å². The van der Waals surface area contributed by atoms with E-state index in [9.17, 15) is 14.4 Å². The molecule has 0 radical (unpaired) electrons. The smallest absolute Gasteiger partial charge is 0.245 e. The number of aromatic nitrogens is 1. The maximum atomic E-state index is 12.4. The maximum Gasteiger partial charge on any atom is 0.245 e. The topological polar surface area (TPSA) is 92.5 Å². The highest BCUT2D eigenvalue weighted by atomic mass is 79.9. The van der Waals surface area contributed by atoms with Crippen molar-refractivity contribution in [3.63, 3.8) is 0 Å². The van der Waals surface area contributed by atoms with Gasteiger partial charge >= 0.3 is 0 Å². The highest BCUT2D eigenvalue weighted by molar-refractivity contribution is 9.12. The number of likely N-dealkylation sites (tertiary alicyclic amines) is 1. The Morgan fingerprint density at radius 2 is 1.87 bits per heavy atom. The minimum Gasteiger partial charge on any atom is -0.360 e. The Morgan fingerprint density at radius 3 is 2.35 bits per heavy atom. The monoisotopic (exact) mass is 447 g/mol. The number of halogens is 2. The number of fused-ring (bicyclic) bond motifs is 1. The highest BCUT2D eigenvalue weighted by Crippen LogP contribution is 2.43. The zero-order valence-electron chi connectivity index (χ0n) is 12.3. The quantitative estimate of drug-likeness (QED) is 0.562. The molecule has 1 N–H and O–H groups in total. The van der Waals surface area contributed by atoms with E-state index in [1.54, 1.807) is 13.0 Å². The van der Waals surface area contributed by atoms with E-state index in [0.717, 1.165) is 4.90 Å². The molecule has 23 heavy (non-hydrogen) atoms. The molecule has 1 aliphatic heterocycles. The van der Waals surface area contributed by atoms with Gasteiger partial charge in [-0.2, -0.15) is 0 Å². The molecule has 2 aliphatic rings. The van der Waals surface area contributed by atoms with Crippen LogP contribution in [0.15, 0.2) is 10.6 Å². The molecule has 0 unspecified atom stereocenters. The standard InChI is InChI=1S/C14H15Br2N3O4/c1-6-2-11(18-23-6)17-12(20)5-19-13(21)7-3-9(15)10(16)4-8(7)14(19)22/h2,7-10H,3-5H2,1H3,(H,17,18,20)/t7-,8-,9+,10+/m1/s1. The van der Waals surface area contributed by atoms with Crippen molar-refractivity contribution in [1.82, 2.24) is 10.1 Å². The van der Waals surface area contributed by atoms with Gasteiger partial charge in [0.25, 0.3) is 0 Å². The number of carbonyl (C=O) groups is 3. The number of nitrogens with one attached hydrogen (secondary N) is 1. The predicted octanol–water partition coefficient (Wildman–Crippen LogP) is 1.84. The lowest BCUT2D eigenvalue weighted by Crippen LogP contribution is -2.38. The van der Waals surface area contributed by atoms with Gasteiger partial charge in [0.15, 0.2) is 5.82 Å². The summed E-state index contributed by atoms with van der Waals surface area (Å²) >= 11 is 7.06. The molecule has 0 bridgehead atoms. The van der Waals surface area contributed by atoms with E-state index in [-0.39, 0.29) is 45.7 Å². The summed E-state index contributed by atoms with van der Waals surface area (Å²) in [6, 6.07) is 1.57. The van der Waals surface area contributed by atoms with Crippen molar-refractivity contribution in [3.8, 4) is 0 Å². The molecule has 1 saturated carbocycles. The second kappa shape index (κ2) is 6.35. The number of rotatable bonds is 3. The van der Waals surface area contributed by atoms with Crippen molar-refractivity contribution in [2.75, 3.05) is 11.9 Å². The van der Waals surface area contributed by atoms with E-state index in [1.807, 2.05) is 0 Å². The Labute approximate surface area is 149 Å². The molecular formula is C14H15Br2N3O4. The number of hydrogen-bond donors (Lipinski definition) is 1. The summed E-state index contributed by atoms with van der Waals surface area (Å²) in [6.45, 7) is 1.41. The summed E-state index contributed by atoms with van der Waals surface area (Å²) in [5, 5.41) is 6.17. The number of imide groups is 1. The van der Waals surface area contributed by atoms with E-state index >= 15 is 0 Å². The molecule has 124 valence electrons. The van der Waals surface area contributed by atoms with Gasteiger partial charge < -0.3 is 9.84 Å². The molecule has 2 heterocycles. The zero-order chi connectivity index (χ0) is 16.7. The lowest BCUT2D eigenvalue weighted by Gasteiger charge is -2.29. The molecule has 0 spiro atoms. The molecular weight excluding hydrogens is 434 g/mol. The number of amides is 3. The summed E-state index contributed by atoms with van der Waals surface area (Å²) < 4.78 is 4.86. The number of anilines is 1. The van der Waals surface area contributed by atoms with Crippen LogP contribution in [0.2, 0.25) is 0 Å². The van der Waals surface area contributed by atoms with Crippen LogP contribution in [-0.2, 0) is 14.4 Å². The largest absolute Gasteiger partial charge is 0.360 e. The summed E-state index contributed by atoms with van der Waals surface area (Å²) in [7, 11) is 0. The third-order valence-corrected chi connectivity index (χ3v) is 6.93. The second-order valence-electron chi connectivity index (χ2n) is 5.85. The fourth-order valence-corrected chi connectivity index (χ4v) is 4.31. The van der Waals surface area contributed by atoms with Crippen LogP contribution in [-0.4, -0.2) is 44.0 Å². The Kier molecular flexibility index (Phi) is 4.59. The molecule has 1 aromatic rings. The second-order valence-corrected chi connectivity index (χ2v) is 8.20. The first-order valence-electron chi connectivity index (χ1n) is 7.23. The predicted molar refractivity (Wildman–Crippen MR) is 88.2 cm³/mol. The van der Waals surface area contributed by atoms with Crippen LogP contribution in [0.25, 0.3) is 0 Å². The van der Waals surface area contributed by atoms with Gasteiger partial charge in [-0.25, -0.2) is 0 Å². The Hall–Kier alpha value is -1.22. The molecule has 1 saturated heterocycles. The number of alkyl halides is 2. The van der Waals surface area contributed by atoms with E-state index in [2.05, 4.69) is 42.3 Å². The Morgan fingerprint density at radius 1 is 1.30 bits per heavy atom. The first-order chi connectivity index (χ1) is 10.9. The van der Waals surface area contributed by atoms with Crippen LogP contribution in [0.5, 0.6) is 0 Å². The van der Waals surface area contributed by atoms with Crippen molar-refractivity contribution < 1.29 is 18.9 Å². The van der Waals surface area contributed by atoms with Gasteiger partial charge in [-0.1, -0.05) is 37.0 Å². The van der Waals surface area contributed by atoms with Crippen molar-refractivity contribution in [3.05, 3.63) is 11.8 Å². The van der Waals surface area contributed by atoms with Crippen LogP contribution in [0.3, 0.4) is 0 Å². The summed E-state index contributed by atoms with van der Waals surface area (Å²) in [6.07, 6.45) is 1.18. The van der Waals surface area contributed by atoms with Crippen molar-refractivity contribution in [2.45, 2.75) is 29.4 Å². The Bertz CT molecular complexity index is 634. The number of aryl methyl sites for hydroxylation is 1. The molecule has 2 fully saturated rings. The van der Waals surface area contributed by atoms with Crippen LogP contribution >= 0.6 is 31.9 Å². The van der Waals surface area contributed by atoms with Crippen LogP contribution in [0.4, 0.5) is 5.82 Å². The van der Waals surface area contributed by atoms with Gasteiger partial charge in [0, 0.05) is 15.7 Å². The molecule has 9 heteroatoms. The minimum atomic E-state index is -0.468. The number of carbonyl (C=O) groups excluding carboxylic acids is 3. The van der Waals surface area contributed by atoms with Gasteiger partial charge in [0.2, 0.25) is 17.7 Å². The number of nitrogens with zero attached hydrogens (tertiary/aromatic N) is 2. The molecule has 3 rings (SSSR count). The average molecular weight is 449 g/mol. The van der Waals surface area contributed by atoms with Crippen LogP contribution in [0.1, 0.15) is 18.6 Å². The van der Waals surface area contributed by atoms with Gasteiger partial charge in [0.1, 0.15) is 12.3 Å². The van der Waals surface area contributed by atoms with E-state index < -0.39 is 5.91 Å². The van der Waals surface area contributed by atoms with E-state index in [1.165, 1.54) is 0 Å². The SMILES string of the molecule is Cc1cc(NC(=O)CN2C(=O)[C@@H]3C[C@H](Br)[C@@H](Br)C[C@H]3C2=O)no1. The first-order valence-corrected chi connectivity index (χ1v) is 9.06. The van der Waals surface area contributed by atoms with Gasteiger partial charge in [-0.05, 0) is 19.8 Å². The van der Waals surface area contributed by atoms with Crippen LogP contribution < -0.4 is 5.32 Å². The van der Waals surface area contributed by atoms with E-state index in [0.29, 0.717) is 18.6 Å². The fourth-order valence-electron chi connectivity index (χ4n) is 3.07. The zero-order valence-corrected chi connectivity index (χ0v) is 15.5. The van der Waals surface area contributed by atoms with Crippen molar-refractivity contribution in [2.24, 2.45) is 11.8 Å².